The molecule has 3 heteroatoms. The number of halogens is 1. The minimum atomic E-state index is 0.427. The summed E-state index contributed by atoms with van der Waals surface area (Å²) in [5.74, 6) is 0.715. The van der Waals surface area contributed by atoms with Gasteiger partial charge in [-0.15, -0.1) is 0 Å². The molecule has 16 heavy (non-hydrogen) atoms. The maximum atomic E-state index is 5.84. The van der Waals surface area contributed by atoms with Crippen molar-refractivity contribution in [1.29, 1.82) is 0 Å². The van der Waals surface area contributed by atoms with E-state index < -0.39 is 0 Å². The molecule has 1 aromatic heterocycles. The Labute approximate surface area is 102 Å². The van der Waals surface area contributed by atoms with Gasteiger partial charge in [-0.25, -0.2) is 4.98 Å². The average Bonchev–Trinajstić information content (AvgIpc) is 2.55. The summed E-state index contributed by atoms with van der Waals surface area (Å²) in [5, 5.41) is 3.98. The molecule has 1 heterocycles. The van der Waals surface area contributed by atoms with Crippen LogP contribution < -0.4 is 5.32 Å². The normalized spacial score (nSPS) is 21.8. The molecule has 1 aromatic rings. The monoisotopic (exact) mass is 238 g/mol. The Morgan fingerprint density at radius 3 is 2.44 bits per heavy atom. The lowest BCUT2D eigenvalue weighted by Gasteiger charge is -2.07. The van der Waals surface area contributed by atoms with Crippen molar-refractivity contribution in [3.05, 3.63) is 23.5 Å². The highest BCUT2D eigenvalue weighted by atomic mass is 35.5. The third kappa shape index (κ3) is 1.80. The van der Waals surface area contributed by atoms with Gasteiger partial charge in [0.25, 0.3) is 0 Å². The van der Waals surface area contributed by atoms with Crippen molar-refractivity contribution in [1.82, 2.24) is 4.98 Å². The van der Waals surface area contributed by atoms with Gasteiger partial charge in [0.05, 0.1) is 0 Å². The molecule has 2 nitrogen and oxygen atoms in total. The molecule has 0 radical (unpaired) electrons. The van der Waals surface area contributed by atoms with Crippen molar-refractivity contribution in [2.75, 3.05) is 11.9 Å². The molecule has 0 atom stereocenters. The molecule has 1 fully saturated rings. The number of pyridine rings is 1. The number of hydrogen-bond acceptors (Lipinski definition) is 2. The smallest absolute Gasteiger partial charge is 0.131 e. The zero-order valence-corrected chi connectivity index (χ0v) is 11.1. The van der Waals surface area contributed by atoms with Gasteiger partial charge in [0.15, 0.2) is 0 Å². The minimum Gasteiger partial charge on any atom is -0.385 e. The van der Waals surface area contributed by atoms with Gasteiger partial charge in [-0.1, -0.05) is 39.3 Å². The van der Waals surface area contributed by atoms with Gasteiger partial charge < -0.3 is 5.32 Å². The number of aromatic nitrogens is 1. The molecule has 0 amide bonds. The number of nitrogens with one attached hydrogen (secondary N) is 1. The largest absolute Gasteiger partial charge is 0.385 e. The van der Waals surface area contributed by atoms with Gasteiger partial charge in [-0.3, -0.25) is 0 Å². The average molecular weight is 239 g/mol. The summed E-state index contributed by atoms with van der Waals surface area (Å²) < 4.78 is 0. The van der Waals surface area contributed by atoms with E-state index in [0.29, 0.717) is 21.9 Å². The molecule has 1 aliphatic rings. The van der Waals surface area contributed by atoms with E-state index in [9.17, 15) is 0 Å². The van der Waals surface area contributed by atoms with E-state index in [2.05, 4.69) is 38.0 Å². The van der Waals surface area contributed by atoms with Crippen LogP contribution in [0.4, 0.5) is 5.69 Å². The maximum absolute atomic E-state index is 5.84. The fourth-order valence-electron chi connectivity index (χ4n) is 2.58. The van der Waals surface area contributed by atoms with Crippen LogP contribution in [0.2, 0.25) is 5.15 Å². The van der Waals surface area contributed by atoms with E-state index in [1.807, 2.05) is 12.1 Å². The first-order chi connectivity index (χ1) is 7.35. The van der Waals surface area contributed by atoms with E-state index in [1.54, 1.807) is 6.20 Å². The number of nitrogens with zero attached hydrogens (tertiary/aromatic N) is 1. The van der Waals surface area contributed by atoms with E-state index in [0.717, 1.165) is 12.2 Å². The molecule has 0 aromatic carbocycles. The second kappa shape index (κ2) is 3.63. The summed E-state index contributed by atoms with van der Waals surface area (Å²) in [6.07, 6.45) is 1.73. The molecule has 0 aliphatic heterocycles. The predicted molar refractivity (Wildman–Crippen MR) is 68.8 cm³/mol. The van der Waals surface area contributed by atoms with Crippen LogP contribution in [0.5, 0.6) is 0 Å². The van der Waals surface area contributed by atoms with Gasteiger partial charge in [0.2, 0.25) is 0 Å². The summed E-state index contributed by atoms with van der Waals surface area (Å²) in [5.41, 5.74) is 1.91. The lowest BCUT2D eigenvalue weighted by atomic mass is 10.0. The van der Waals surface area contributed by atoms with Gasteiger partial charge in [-0.05, 0) is 28.9 Å². The SMILES string of the molecule is CC1(C)C(CNc2ccnc(Cl)c2)C1(C)C. The van der Waals surface area contributed by atoms with Crippen molar-refractivity contribution in [2.24, 2.45) is 16.7 Å². The van der Waals surface area contributed by atoms with Gasteiger partial charge in [0.1, 0.15) is 5.15 Å². The van der Waals surface area contributed by atoms with Crippen LogP contribution in [0.3, 0.4) is 0 Å². The highest BCUT2D eigenvalue weighted by Gasteiger charge is 2.63. The quantitative estimate of drug-likeness (QED) is 0.810. The van der Waals surface area contributed by atoms with Crippen molar-refractivity contribution < 1.29 is 0 Å². The Morgan fingerprint density at radius 1 is 1.31 bits per heavy atom. The second-order valence-electron chi connectivity index (χ2n) is 5.74. The standard InChI is InChI=1S/C13H19ClN2/c1-12(2)10(13(12,3)4)8-16-9-5-6-15-11(14)7-9/h5-7,10H,8H2,1-4H3,(H,15,16). The van der Waals surface area contributed by atoms with Crippen LogP contribution in [0.1, 0.15) is 27.7 Å². The van der Waals surface area contributed by atoms with E-state index in [4.69, 9.17) is 11.6 Å². The van der Waals surface area contributed by atoms with Gasteiger partial charge in [-0.2, -0.15) is 0 Å². The highest BCUT2D eigenvalue weighted by Crippen LogP contribution is 2.68. The predicted octanol–water partition coefficient (Wildman–Crippen LogP) is 3.83. The molecule has 2 rings (SSSR count). The highest BCUT2D eigenvalue weighted by molar-refractivity contribution is 6.29. The van der Waals surface area contributed by atoms with Crippen molar-refractivity contribution in [2.45, 2.75) is 27.7 Å². The molecule has 1 N–H and O–H groups in total. The lowest BCUT2D eigenvalue weighted by Crippen LogP contribution is -2.08. The van der Waals surface area contributed by atoms with Crippen LogP contribution in [-0.4, -0.2) is 11.5 Å². The molecule has 0 bridgehead atoms. The van der Waals surface area contributed by atoms with Gasteiger partial charge >= 0.3 is 0 Å². The van der Waals surface area contributed by atoms with Gasteiger partial charge in [0, 0.05) is 18.4 Å². The number of hydrogen-bond donors (Lipinski definition) is 1. The van der Waals surface area contributed by atoms with Crippen molar-refractivity contribution in [3.63, 3.8) is 0 Å². The van der Waals surface area contributed by atoms with Crippen molar-refractivity contribution in [3.8, 4) is 0 Å². The summed E-state index contributed by atoms with van der Waals surface area (Å²) in [4.78, 5) is 3.97. The summed E-state index contributed by atoms with van der Waals surface area (Å²) in [6.45, 7) is 10.3. The zero-order valence-electron chi connectivity index (χ0n) is 10.3. The zero-order chi connectivity index (χ0) is 12.0. The molecule has 0 spiro atoms. The Kier molecular flexibility index (Phi) is 2.66. The summed E-state index contributed by atoms with van der Waals surface area (Å²) in [7, 11) is 0. The second-order valence-corrected chi connectivity index (χ2v) is 6.13. The van der Waals surface area contributed by atoms with E-state index in [1.165, 1.54) is 0 Å². The first kappa shape index (κ1) is 11.7. The fraction of sp³-hybridized carbons (Fsp3) is 0.615. The molecular weight excluding hydrogens is 220 g/mol. The molecule has 0 saturated heterocycles. The van der Waals surface area contributed by atoms with Crippen LogP contribution in [-0.2, 0) is 0 Å². The summed E-state index contributed by atoms with van der Waals surface area (Å²) in [6, 6.07) is 3.82. The number of anilines is 1. The fourth-order valence-corrected chi connectivity index (χ4v) is 2.75. The minimum absolute atomic E-state index is 0.427. The Bertz CT molecular complexity index is 385. The molecule has 1 saturated carbocycles. The van der Waals surface area contributed by atoms with E-state index >= 15 is 0 Å². The topological polar surface area (TPSA) is 24.9 Å². The lowest BCUT2D eigenvalue weighted by molar-refractivity contribution is 0.457. The van der Waals surface area contributed by atoms with Crippen LogP contribution >= 0.6 is 11.6 Å². The summed E-state index contributed by atoms with van der Waals surface area (Å²) >= 11 is 5.84. The molecule has 0 unspecified atom stereocenters. The number of rotatable bonds is 3. The van der Waals surface area contributed by atoms with Crippen LogP contribution in [0, 0.1) is 16.7 Å². The first-order valence-electron chi connectivity index (χ1n) is 5.71. The molecule has 88 valence electrons. The third-order valence-electron chi connectivity index (χ3n) is 4.56. The molecular formula is C13H19ClN2. The van der Waals surface area contributed by atoms with Crippen LogP contribution in [0.15, 0.2) is 18.3 Å². The Morgan fingerprint density at radius 2 is 1.94 bits per heavy atom. The van der Waals surface area contributed by atoms with Crippen LogP contribution in [0.25, 0.3) is 0 Å². The maximum Gasteiger partial charge on any atom is 0.131 e. The Balaban J connectivity index is 1.95. The van der Waals surface area contributed by atoms with Crippen molar-refractivity contribution >= 4 is 17.3 Å². The third-order valence-corrected chi connectivity index (χ3v) is 4.76. The first-order valence-corrected chi connectivity index (χ1v) is 6.09. The van der Waals surface area contributed by atoms with E-state index in [-0.39, 0.29) is 0 Å². The molecule has 1 aliphatic carbocycles. The Hall–Kier alpha value is -0.760.